The molecule has 2 aliphatic rings. The Morgan fingerprint density at radius 1 is 0.941 bits per heavy atom. The van der Waals surface area contributed by atoms with Crippen molar-refractivity contribution in [2.45, 2.75) is 39.7 Å². The molecular formula is C27H30N6O. The van der Waals surface area contributed by atoms with Gasteiger partial charge < -0.3 is 10.2 Å². The lowest BCUT2D eigenvalue weighted by atomic mass is 9.77. The third-order valence-corrected chi connectivity index (χ3v) is 6.15. The summed E-state index contributed by atoms with van der Waals surface area (Å²) in [6.45, 7) is 9.68. The molecule has 0 aliphatic carbocycles. The first-order valence-electron chi connectivity index (χ1n) is 11.9. The van der Waals surface area contributed by atoms with Crippen molar-refractivity contribution >= 4 is 22.4 Å². The van der Waals surface area contributed by atoms with Gasteiger partial charge in [0.25, 0.3) is 0 Å². The number of aromatic nitrogens is 4. The number of fused-ring (bicyclic) bond motifs is 3. The van der Waals surface area contributed by atoms with Gasteiger partial charge in [-0.2, -0.15) is 0 Å². The van der Waals surface area contributed by atoms with Crippen molar-refractivity contribution in [1.82, 2.24) is 25.3 Å². The fourth-order valence-electron chi connectivity index (χ4n) is 4.59. The van der Waals surface area contributed by atoms with Crippen LogP contribution in [0.3, 0.4) is 0 Å². The van der Waals surface area contributed by atoms with E-state index < -0.39 is 5.41 Å². The van der Waals surface area contributed by atoms with Crippen LogP contribution in [-0.2, 0) is 16.8 Å². The van der Waals surface area contributed by atoms with Crippen LogP contribution in [0, 0.1) is 0 Å². The predicted octanol–water partition coefficient (Wildman–Crippen LogP) is 4.53. The number of carbonyl (C=O) groups excluding carboxylic acids is 1. The van der Waals surface area contributed by atoms with Crippen molar-refractivity contribution < 1.29 is 4.79 Å². The summed E-state index contributed by atoms with van der Waals surface area (Å²) >= 11 is 0. The highest BCUT2D eigenvalue weighted by Gasteiger charge is 2.54. The molecule has 5 heterocycles. The van der Waals surface area contributed by atoms with E-state index in [1.807, 2.05) is 63.1 Å². The molecule has 1 saturated heterocycles. The highest BCUT2D eigenvalue weighted by atomic mass is 16.2. The van der Waals surface area contributed by atoms with Gasteiger partial charge in [0.2, 0.25) is 5.91 Å². The first kappa shape index (κ1) is 23.4. The number of amides is 1. The Bertz CT molecular complexity index is 1290. The van der Waals surface area contributed by atoms with Gasteiger partial charge in [0.15, 0.2) is 0 Å². The molecule has 7 nitrogen and oxygen atoms in total. The van der Waals surface area contributed by atoms with Gasteiger partial charge in [0.1, 0.15) is 11.7 Å². The fraction of sp³-hybridized carbons (Fsp3) is 0.296. The highest BCUT2D eigenvalue weighted by molar-refractivity contribution is 6.09. The smallest absolute Gasteiger partial charge is 0.240 e. The van der Waals surface area contributed by atoms with Gasteiger partial charge >= 0.3 is 0 Å². The number of nitrogens with zero attached hydrogens (tertiary/aromatic N) is 5. The first-order valence-corrected chi connectivity index (χ1v) is 11.9. The van der Waals surface area contributed by atoms with Crippen LogP contribution in [0.25, 0.3) is 21.9 Å². The number of hydrogen-bond donors (Lipinski definition) is 1. The number of pyridine rings is 2. The van der Waals surface area contributed by atoms with E-state index in [1.54, 1.807) is 24.8 Å². The van der Waals surface area contributed by atoms with Crippen molar-refractivity contribution in [3.63, 3.8) is 0 Å². The lowest BCUT2D eigenvalue weighted by Crippen LogP contribution is -2.61. The number of anilines is 1. The average Bonchev–Trinajstić information content (AvgIpc) is 3.15. The van der Waals surface area contributed by atoms with E-state index in [0.717, 1.165) is 38.8 Å². The Morgan fingerprint density at radius 2 is 1.68 bits per heavy atom. The Hall–Kier alpha value is -3.71. The average molecular weight is 455 g/mol. The van der Waals surface area contributed by atoms with Gasteiger partial charge in [-0.05, 0) is 17.0 Å². The van der Waals surface area contributed by atoms with Gasteiger partial charge in [-0.15, -0.1) is 0 Å². The van der Waals surface area contributed by atoms with Crippen molar-refractivity contribution in [3.8, 4) is 11.1 Å². The zero-order chi connectivity index (χ0) is 24.1. The number of nitrogens with one attached hydrogen (secondary N) is 1. The van der Waals surface area contributed by atoms with Gasteiger partial charge in [0.05, 0.1) is 24.1 Å². The maximum absolute atomic E-state index is 13.5. The molecule has 1 amide bonds. The van der Waals surface area contributed by atoms with E-state index in [9.17, 15) is 4.79 Å². The minimum atomic E-state index is -0.481. The van der Waals surface area contributed by atoms with Crippen molar-refractivity contribution in [1.29, 1.82) is 0 Å². The molecule has 1 fully saturated rings. The number of benzene rings is 1. The molecular weight excluding hydrogens is 424 g/mol. The maximum Gasteiger partial charge on any atom is 0.240 e. The normalized spacial score (nSPS) is 15.1. The fourth-order valence-corrected chi connectivity index (χ4v) is 4.59. The summed E-state index contributed by atoms with van der Waals surface area (Å²) in [5.74, 6) is 0.106. The molecule has 174 valence electrons. The summed E-state index contributed by atoms with van der Waals surface area (Å²) in [4.78, 5) is 32.8. The van der Waals surface area contributed by atoms with Crippen LogP contribution >= 0.6 is 0 Å². The molecule has 4 aromatic rings. The molecule has 1 N–H and O–H groups in total. The second-order valence-electron chi connectivity index (χ2n) is 7.76. The Kier molecular flexibility index (Phi) is 6.93. The summed E-state index contributed by atoms with van der Waals surface area (Å²) in [5, 5.41) is 5.36. The van der Waals surface area contributed by atoms with E-state index in [0.29, 0.717) is 19.6 Å². The molecule has 3 aromatic heterocycles. The first-order chi connectivity index (χ1) is 16.8. The Morgan fingerprint density at radius 3 is 2.38 bits per heavy atom. The second-order valence-corrected chi connectivity index (χ2v) is 7.76. The molecule has 0 saturated carbocycles. The topological polar surface area (TPSA) is 83.9 Å². The third-order valence-electron chi connectivity index (χ3n) is 6.15. The zero-order valence-corrected chi connectivity index (χ0v) is 20.1. The Balaban J connectivity index is 0.000000652. The minimum Gasteiger partial charge on any atom is -0.314 e. The van der Waals surface area contributed by atoms with Crippen LogP contribution in [0.1, 0.15) is 39.0 Å². The van der Waals surface area contributed by atoms with Crippen molar-refractivity contribution in [2.75, 3.05) is 18.0 Å². The standard InChI is InChI=1S/C23H18N6O.2C2H6/c30-22-23(12-27-13-23)18-5-6-24-10-20(18)29(22)11-19-21(16-7-25-14-26-8-16)17-4-2-1-3-15(17)9-28-19;2*1-2/h1-10,14,27H,11-13H2;2*1-2H3. The number of hydrogen-bond acceptors (Lipinski definition) is 6. The van der Waals surface area contributed by atoms with Crippen LogP contribution in [0.2, 0.25) is 0 Å². The van der Waals surface area contributed by atoms with Crippen LogP contribution in [0.4, 0.5) is 5.69 Å². The van der Waals surface area contributed by atoms with E-state index in [-0.39, 0.29) is 5.91 Å². The molecule has 1 spiro atoms. The summed E-state index contributed by atoms with van der Waals surface area (Å²) in [6.07, 6.45) is 10.5. The molecule has 34 heavy (non-hydrogen) atoms. The van der Waals surface area contributed by atoms with E-state index in [2.05, 4.69) is 26.3 Å². The summed E-state index contributed by atoms with van der Waals surface area (Å²) in [5.41, 5.74) is 4.09. The largest absolute Gasteiger partial charge is 0.314 e. The van der Waals surface area contributed by atoms with E-state index >= 15 is 0 Å². The highest BCUT2D eigenvalue weighted by Crippen LogP contribution is 2.45. The summed E-state index contributed by atoms with van der Waals surface area (Å²) < 4.78 is 0. The van der Waals surface area contributed by atoms with Crippen LogP contribution in [-0.4, -0.2) is 38.9 Å². The molecule has 0 atom stereocenters. The molecule has 2 aliphatic heterocycles. The molecule has 6 rings (SSSR count). The van der Waals surface area contributed by atoms with Gasteiger partial charge in [-0.25, -0.2) is 9.97 Å². The van der Waals surface area contributed by atoms with Gasteiger partial charge in [0, 0.05) is 54.4 Å². The minimum absolute atomic E-state index is 0.106. The lowest BCUT2D eigenvalue weighted by molar-refractivity contribution is -0.125. The summed E-state index contributed by atoms with van der Waals surface area (Å²) in [6, 6.07) is 10.1. The van der Waals surface area contributed by atoms with Gasteiger partial charge in [-0.1, -0.05) is 52.0 Å². The monoisotopic (exact) mass is 454 g/mol. The van der Waals surface area contributed by atoms with Crippen LogP contribution < -0.4 is 10.2 Å². The molecule has 7 heteroatoms. The summed E-state index contributed by atoms with van der Waals surface area (Å²) in [7, 11) is 0. The maximum atomic E-state index is 13.5. The van der Waals surface area contributed by atoms with Crippen LogP contribution in [0.5, 0.6) is 0 Å². The Labute approximate surface area is 200 Å². The quantitative estimate of drug-likeness (QED) is 0.490. The SMILES string of the molecule is CC.CC.O=C1N(Cc2ncc3ccccc3c2-c2cncnc2)c2cnccc2C12CNC2. The van der Waals surface area contributed by atoms with Crippen molar-refractivity contribution in [3.05, 3.63) is 78.9 Å². The number of carbonyl (C=O) groups is 1. The second kappa shape index (κ2) is 10.1. The van der Waals surface area contributed by atoms with E-state index in [4.69, 9.17) is 4.98 Å². The van der Waals surface area contributed by atoms with Gasteiger partial charge in [-0.3, -0.25) is 14.8 Å². The number of rotatable bonds is 3. The lowest BCUT2D eigenvalue weighted by Gasteiger charge is -2.38. The molecule has 0 unspecified atom stereocenters. The third kappa shape index (κ3) is 3.72. The van der Waals surface area contributed by atoms with Crippen LogP contribution in [0.15, 0.2) is 67.6 Å². The predicted molar refractivity (Wildman–Crippen MR) is 135 cm³/mol. The molecule has 1 aromatic carbocycles. The molecule has 0 radical (unpaired) electrons. The van der Waals surface area contributed by atoms with E-state index in [1.165, 1.54) is 6.33 Å². The zero-order valence-electron chi connectivity index (χ0n) is 20.1. The molecule has 0 bridgehead atoms. The van der Waals surface area contributed by atoms with Crippen molar-refractivity contribution in [2.24, 2.45) is 0 Å².